The highest BCUT2D eigenvalue weighted by molar-refractivity contribution is 7.87. The molecule has 0 saturated carbocycles. The first-order chi connectivity index (χ1) is 7.94. The standard InChI is InChI=1S/C6H9F3O8S/c7-6(8,9)18(14,15)17-5(13)4(12)3(11)2(1-10)16-5/h2-4,10-13H,1H2/t2-,3-,4-,5+/m1/s1. The molecule has 0 unspecified atom stereocenters. The summed E-state index contributed by atoms with van der Waals surface area (Å²) in [6.45, 7) is -0.990. The molecule has 0 bridgehead atoms. The quantitative estimate of drug-likeness (QED) is 0.258. The number of aliphatic hydroxyl groups excluding tert-OH is 3. The fraction of sp³-hybridized carbons (Fsp3) is 1.00. The molecule has 1 aliphatic heterocycles. The molecule has 0 aromatic rings. The molecule has 0 spiro atoms. The van der Waals surface area contributed by atoms with Crippen LogP contribution in [-0.4, -0.2) is 65.2 Å². The molecule has 1 rings (SSSR count). The van der Waals surface area contributed by atoms with Crippen molar-refractivity contribution in [2.24, 2.45) is 0 Å². The lowest BCUT2D eigenvalue weighted by Gasteiger charge is -2.25. The van der Waals surface area contributed by atoms with Crippen LogP contribution in [0.15, 0.2) is 0 Å². The van der Waals surface area contributed by atoms with Gasteiger partial charge in [0.05, 0.1) is 6.61 Å². The Kier molecular flexibility index (Phi) is 3.94. The predicted molar refractivity (Wildman–Crippen MR) is 45.0 cm³/mol. The molecule has 1 saturated heterocycles. The first kappa shape index (κ1) is 15.6. The van der Waals surface area contributed by atoms with Crippen molar-refractivity contribution in [2.45, 2.75) is 29.8 Å². The Labute approximate surface area is 98.3 Å². The van der Waals surface area contributed by atoms with Crippen LogP contribution in [0.5, 0.6) is 0 Å². The molecule has 0 amide bonds. The van der Waals surface area contributed by atoms with Crippen molar-refractivity contribution in [3.63, 3.8) is 0 Å². The van der Waals surface area contributed by atoms with Gasteiger partial charge in [0.25, 0.3) is 0 Å². The molecule has 0 radical (unpaired) electrons. The molecule has 18 heavy (non-hydrogen) atoms. The summed E-state index contributed by atoms with van der Waals surface area (Å²) in [5.74, 6) is -3.62. The van der Waals surface area contributed by atoms with Crippen molar-refractivity contribution >= 4 is 10.1 Å². The van der Waals surface area contributed by atoms with Crippen molar-refractivity contribution in [1.29, 1.82) is 0 Å². The van der Waals surface area contributed by atoms with E-state index in [0.29, 0.717) is 0 Å². The van der Waals surface area contributed by atoms with Crippen LogP contribution in [0.1, 0.15) is 0 Å². The molecule has 1 heterocycles. The maximum atomic E-state index is 12.0. The van der Waals surface area contributed by atoms with Gasteiger partial charge in [-0.3, -0.25) is 0 Å². The number of aliphatic hydroxyl groups is 4. The van der Waals surface area contributed by atoms with Crippen LogP contribution in [0.4, 0.5) is 13.2 Å². The predicted octanol–water partition coefficient (Wildman–Crippen LogP) is -2.39. The maximum Gasteiger partial charge on any atom is 0.523 e. The lowest BCUT2D eigenvalue weighted by atomic mass is 10.1. The third-order valence-corrected chi connectivity index (χ3v) is 3.12. The Balaban J connectivity index is 2.98. The Morgan fingerprint density at radius 1 is 1.33 bits per heavy atom. The second-order valence-corrected chi connectivity index (χ2v) is 4.93. The summed E-state index contributed by atoms with van der Waals surface area (Å²) in [6, 6.07) is 0. The SMILES string of the molecule is O=S(=O)(O[C@@]1(O)O[C@H](CO)[C@@H](O)[C@H]1O)C(F)(F)F. The summed E-state index contributed by atoms with van der Waals surface area (Å²) in [7, 11) is -6.26. The van der Waals surface area contributed by atoms with Crippen LogP contribution in [0.2, 0.25) is 0 Å². The zero-order valence-electron chi connectivity index (χ0n) is 8.40. The molecule has 1 fully saturated rings. The third-order valence-electron chi connectivity index (χ3n) is 2.09. The van der Waals surface area contributed by atoms with Gasteiger partial charge in [0.15, 0.2) is 6.10 Å². The van der Waals surface area contributed by atoms with E-state index in [0.717, 1.165) is 0 Å². The monoisotopic (exact) mass is 298 g/mol. The van der Waals surface area contributed by atoms with E-state index in [2.05, 4.69) is 8.92 Å². The molecular weight excluding hydrogens is 289 g/mol. The van der Waals surface area contributed by atoms with Gasteiger partial charge in [0.2, 0.25) is 0 Å². The minimum atomic E-state index is -6.26. The van der Waals surface area contributed by atoms with Crippen LogP contribution in [0, 0.1) is 0 Å². The fourth-order valence-electron chi connectivity index (χ4n) is 1.19. The Hall–Kier alpha value is -0.500. The van der Waals surface area contributed by atoms with Crippen LogP contribution in [0.25, 0.3) is 0 Å². The van der Waals surface area contributed by atoms with Crippen molar-refractivity contribution in [3.05, 3.63) is 0 Å². The summed E-state index contributed by atoms with van der Waals surface area (Å²) in [6.07, 6.45) is -6.23. The molecule has 12 heteroatoms. The highest BCUT2D eigenvalue weighted by atomic mass is 32.2. The molecule has 0 aliphatic carbocycles. The molecule has 4 N–H and O–H groups in total. The average molecular weight is 298 g/mol. The third kappa shape index (κ3) is 2.59. The highest BCUT2D eigenvalue weighted by Crippen LogP contribution is 2.35. The Morgan fingerprint density at radius 2 is 1.83 bits per heavy atom. The normalized spacial score (nSPS) is 38.1. The maximum absolute atomic E-state index is 12.0. The van der Waals surface area contributed by atoms with Gasteiger partial charge in [-0.25, -0.2) is 0 Å². The summed E-state index contributed by atoms with van der Waals surface area (Å²) in [4.78, 5) is 0. The number of hydrogen-bond acceptors (Lipinski definition) is 8. The van der Waals surface area contributed by atoms with E-state index in [4.69, 9.17) is 15.3 Å². The first-order valence-corrected chi connectivity index (χ1v) is 5.74. The Morgan fingerprint density at radius 3 is 2.17 bits per heavy atom. The zero-order valence-corrected chi connectivity index (χ0v) is 9.22. The zero-order chi connectivity index (χ0) is 14.4. The van der Waals surface area contributed by atoms with Gasteiger partial charge < -0.3 is 25.2 Å². The second-order valence-electron chi connectivity index (χ2n) is 3.39. The minimum Gasteiger partial charge on any atom is -0.394 e. The van der Waals surface area contributed by atoms with Crippen molar-refractivity contribution in [1.82, 2.24) is 0 Å². The van der Waals surface area contributed by atoms with Crippen LogP contribution in [-0.2, 0) is 19.0 Å². The van der Waals surface area contributed by atoms with E-state index < -0.39 is 46.5 Å². The first-order valence-electron chi connectivity index (χ1n) is 4.33. The second kappa shape index (κ2) is 4.56. The van der Waals surface area contributed by atoms with Gasteiger partial charge in [-0.2, -0.15) is 25.8 Å². The van der Waals surface area contributed by atoms with Gasteiger partial charge in [0.1, 0.15) is 12.2 Å². The van der Waals surface area contributed by atoms with E-state index in [1.165, 1.54) is 0 Å². The van der Waals surface area contributed by atoms with Crippen LogP contribution in [0.3, 0.4) is 0 Å². The topological polar surface area (TPSA) is 134 Å². The number of alkyl halides is 3. The Bertz CT molecular complexity index is 408. The number of halogens is 3. The van der Waals surface area contributed by atoms with E-state index in [1.54, 1.807) is 0 Å². The largest absolute Gasteiger partial charge is 0.523 e. The average Bonchev–Trinajstić information content (AvgIpc) is 2.40. The van der Waals surface area contributed by atoms with Crippen molar-refractivity contribution < 1.29 is 50.9 Å². The summed E-state index contributed by atoms with van der Waals surface area (Å²) in [5, 5.41) is 36.2. The number of ether oxygens (including phenoxy) is 1. The highest BCUT2D eigenvalue weighted by Gasteiger charge is 2.61. The van der Waals surface area contributed by atoms with E-state index >= 15 is 0 Å². The van der Waals surface area contributed by atoms with E-state index in [1.807, 2.05) is 0 Å². The molecule has 1 aliphatic rings. The van der Waals surface area contributed by atoms with E-state index in [-0.39, 0.29) is 0 Å². The van der Waals surface area contributed by atoms with Gasteiger partial charge in [-0.05, 0) is 0 Å². The van der Waals surface area contributed by atoms with E-state index in [9.17, 15) is 26.7 Å². The van der Waals surface area contributed by atoms with Gasteiger partial charge in [0, 0.05) is 0 Å². The van der Waals surface area contributed by atoms with Crippen LogP contribution < -0.4 is 0 Å². The molecular formula is C6H9F3O8S. The van der Waals surface area contributed by atoms with Gasteiger partial charge in [-0.1, -0.05) is 0 Å². The van der Waals surface area contributed by atoms with Gasteiger partial charge in [-0.15, -0.1) is 0 Å². The van der Waals surface area contributed by atoms with Crippen molar-refractivity contribution in [3.8, 4) is 0 Å². The lowest BCUT2D eigenvalue weighted by Crippen LogP contribution is -2.48. The molecule has 4 atom stereocenters. The number of hydrogen-bond donors (Lipinski definition) is 4. The van der Waals surface area contributed by atoms with Crippen LogP contribution >= 0.6 is 0 Å². The fourth-order valence-corrected chi connectivity index (χ4v) is 1.74. The minimum absolute atomic E-state index is 0.990. The molecule has 0 aromatic heterocycles. The molecule has 0 aromatic carbocycles. The molecule has 108 valence electrons. The summed E-state index contributed by atoms with van der Waals surface area (Å²) >= 11 is 0. The number of rotatable bonds is 3. The lowest BCUT2D eigenvalue weighted by molar-refractivity contribution is -0.339. The summed E-state index contributed by atoms with van der Waals surface area (Å²) in [5.41, 5.74) is -5.85. The summed E-state index contributed by atoms with van der Waals surface area (Å²) < 4.78 is 64.7. The van der Waals surface area contributed by atoms with Gasteiger partial charge >= 0.3 is 21.6 Å². The smallest absolute Gasteiger partial charge is 0.394 e. The molecule has 8 nitrogen and oxygen atoms in total. The van der Waals surface area contributed by atoms with Crippen molar-refractivity contribution in [2.75, 3.05) is 6.61 Å².